The molecule has 7 heteroatoms. The molecule has 1 aliphatic heterocycles. The summed E-state index contributed by atoms with van der Waals surface area (Å²) < 4.78 is 18.6. The number of halogens is 1. The lowest BCUT2D eigenvalue weighted by Gasteiger charge is -2.29. The van der Waals surface area contributed by atoms with Crippen LogP contribution in [0.15, 0.2) is 59.8 Å². The largest absolute Gasteiger partial charge is 0.489 e. The topological polar surface area (TPSA) is 76.4 Å². The number of allylic oxidation sites excluding steroid dienone is 1. The first-order chi connectivity index (χ1) is 12.4. The molecule has 0 aliphatic carbocycles. The Bertz CT molecular complexity index is 863. The van der Waals surface area contributed by atoms with Gasteiger partial charge in [0.15, 0.2) is 5.11 Å². The van der Waals surface area contributed by atoms with Crippen LogP contribution < -0.4 is 21.1 Å². The Labute approximate surface area is 156 Å². The number of nitrogens with two attached hydrogens (primary N) is 1. The summed E-state index contributed by atoms with van der Waals surface area (Å²) in [5.41, 5.74) is 8.31. The highest BCUT2D eigenvalue weighted by Gasteiger charge is 2.28. The van der Waals surface area contributed by atoms with Crippen LogP contribution in [0.3, 0.4) is 0 Å². The van der Waals surface area contributed by atoms with Crippen molar-refractivity contribution in [3.05, 3.63) is 76.7 Å². The number of rotatable bonds is 5. The average molecular weight is 371 g/mol. The number of amides is 1. The van der Waals surface area contributed by atoms with Crippen molar-refractivity contribution in [3.8, 4) is 5.75 Å². The van der Waals surface area contributed by atoms with Gasteiger partial charge >= 0.3 is 0 Å². The van der Waals surface area contributed by atoms with Crippen LogP contribution in [0.25, 0.3) is 0 Å². The maximum absolute atomic E-state index is 12.9. The van der Waals surface area contributed by atoms with Crippen molar-refractivity contribution < 1.29 is 13.9 Å². The number of nitrogens with one attached hydrogen (secondary N) is 2. The molecule has 1 heterocycles. The highest BCUT2D eigenvalue weighted by atomic mass is 32.1. The molecule has 1 atom stereocenters. The minimum absolute atomic E-state index is 0.279. The summed E-state index contributed by atoms with van der Waals surface area (Å²) in [7, 11) is 0. The van der Waals surface area contributed by atoms with E-state index in [-0.39, 0.29) is 5.82 Å². The summed E-state index contributed by atoms with van der Waals surface area (Å²) in [6, 6.07) is 13.0. The van der Waals surface area contributed by atoms with Gasteiger partial charge in [0.05, 0.1) is 11.6 Å². The van der Waals surface area contributed by atoms with Crippen LogP contribution in [0, 0.1) is 5.82 Å². The number of carbonyl (C=O) groups is 1. The number of benzene rings is 2. The quantitative estimate of drug-likeness (QED) is 0.705. The van der Waals surface area contributed by atoms with Crippen molar-refractivity contribution in [2.45, 2.75) is 19.6 Å². The van der Waals surface area contributed by atoms with E-state index < -0.39 is 11.9 Å². The van der Waals surface area contributed by atoms with Gasteiger partial charge in [0.2, 0.25) is 5.91 Å². The predicted octanol–water partition coefficient (Wildman–Crippen LogP) is 2.68. The zero-order valence-electron chi connectivity index (χ0n) is 14.1. The summed E-state index contributed by atoms with van der Waals surface area (Å²) in [6.07, 6.45) is 0. The van der Waals surface area contributed by atoms with Crippen LogP contribution in [-0.2, 0) is 11.4 Å². The van der Waals surface area contributed by atoms with Crippen LogP contribution in [-0.4, -0.2) is 11.0 Å². The maximum Gasteiger partial charge on any atom is 0.248 e. The van der Waals surface area contributed by atoms with E-state index in [4.69, 9.17) is 22.7 Å². The van der Waals surface area contributed by atoms with E-state index >= 15 is 0 Å². The molecule has 3 rings (SSSR count). The Hall–Kier alpha value is -2.93. The molecule has 0 fully saturated rings. The van der Waals surface area contributed by atoms with E-state index in [0.717, 1.165) is 11.1 Å². The van der Waals surface area contributed by atoms with Crippen LogP contribution in [0.4, 0.5) is 4.39 Å². The lowest BCUT2D eigenvalue weighted by Crippen LogP contribution is -2.46. The van der Waals surface area contributed by atoms with Gasteiger partial charge in [-0.2, -0.15) is 0 Å². The van der Waals surface area contributed by atoms with E-state index in [1.54, 1.807) is 31.2 Å². The number of carbonyl (C=O) groups excluding carboxylic acids is 1. The van der Waals surface area contributed by atoms with E-state index in [0.29, 0.717) is 28.7 Å². The molecule has 4 N–H and O–H groups in total. The van der Waals surface area contributed by atoms with Crippen LogP contribution in [0.2, 0.25) is 0 Å². The first kappa shape index (κ1) is 17.9. The first-order valence-corrected chi connectivity index (χ1v) is 8.40. The van der Waals surface area contributed by atoms with Crippen LogP contribution in [0.5, 0.6) is 5.75 Å². The summed E-state index contributed by atoms with van der Waals surface area (Å²) in [5, 5.41) is 6.41. The molecule has 26 heavy (non-hydrogen) atoms. The molecule has 2 aromatic rings. The van der Waals surface area contributed by atoms with E-state index in [1.165, 1.54) is 12.1 Å². The monoisotopic (exact) mass is 371 g/mol. The molecule has 134 valence electrons. The summed E-state index contributed by atoms with van der Waals surface area (Å²) >= 11 is 5.17. The van der Waals surface area contributed by atoms with Crippen molar-refractivity contribution >= 4 is 23.2 Å². The number of thiocarbonyl (C=S) groups is 1. The Morgan fingerprint density at radius 2 is 1.85 bits per heavy atom. The lowest BCUT2D eigenvalue weighted by molar-refractivity contribution is -0.115. The van der Waals surface area contributed by atoms with Gasteiger partial charge in [0, 0.05) is 5.70 Å². The van der Waals surface area contributed by atoms with E-state index in [2.05, 4.69) is 10.6 Å². The van der Waals surface area contributed by atoms with Gasteiger partial charge in [-0.15, -0.1) is 0 Å². The standard InChI is InChI=1S/C19H18FN3O2S/c1-11-16(18(21)24)17(23-19(26)22-11)13-4-8-15(9-5-13)25-10-12-2-6-14(20)7-3-12/h2-9,17H,10H2,1H3,(H2,21,24)(H2,22,23,26)/t17-/m0/s1. The van der Waals surface area contributed by atoms with Crippen molar-refractivity contribution in [1.29, 1.82) is 0 Å². The molecule has 0 spiro atoms. The second-order valence-corrected chi connectivity index (χ2v) is 6.33. The minimum Gasteiger partial charge on any atom is -0.489 e. The zero-order valence-corrected chi connectivity index (χ0v) is 14.9. The Morgan fingerprint density at radius 3 is 2.46 bits per heavy atom. The number of ether oxygens (including phenoxy) is 1. The molecule has 1 amide bonds. The smallest absolute Gasteiger partial charge is 0.248 e. The highest BCUT2D eigenvalue weighted by Crippen LogP contribution is 2.27. The normalized spacial score (nSPS) is 16.7. The fraction of sp³-hybridized carbons (Fsp3) is 0.158. The third-order valence-electron chi connectivity index (χ3n) is 4.07. The van der Waals surface area contributed by atoms with Gasteiger partial charge in [0.25, 0.3) is 0 Å². The molecule has 0 bridgehead atoms. The fourth-order valence-electron chi connectivity index (χ4n) is 2.77. The summed E-state index contributed by atoms with van der Waals surface area (Å²) in [6.45, 7) is 2.10. The Balaban J connectivity index is 1.74. The third-order valence-corrected chi connectivity index (χ3v) is 4.29. The van der Waals surface area contributed by atoms with Crippen molar-refractivity contribution in [1.82, 2.24) is 10.6 Å². The van der Waals surface area contributed by atoms with Crippen molar-refractivity contribution in [2.24, 2.45) is 5.73 Å². The Kier molecular flexibility index (Phi) is 5.18. The average Bonchev–Trinajstić information content (AvgIpc) is 2.60. The van der Waals surface area contributed by atoms with Gasteiger partial charge in [-0.05, 0) is 54.5 Å². The van der Waals surface area contributed by atoms with Crippen molar-refractivity contribution in [2.75, 3.05) is 0 Å². The van der Waals surface area contributed by atoms with Crippen LogP contribution >= 0.6 is 12.2 Å². The highest BCUT2D eigenvalue weighted by molar-refractivity contribution is 7.80. The molecular formula is C19H18FN3O2S. The molecule has 2 aromatic carbocycles. The number of primary amides is 1. The molecule has 1 aliphatic rings. The fourth-order valence-corrected chi connectivity index (χ4v) is 3.05. The van der Waals surface area contributed by atoms with Gasteiger partial charge in [-0.1, -0.05) is 24.3 Å². The van der Waals surface area contributed by atoms with Gasteiger partial charge in [0.1, 0.15) is 18.2 Å². The van der Waals surface area contributed by atoms with Crippen molar-refractivity contribution in [3.63, 3.8) is 0 Å². The van der Waals surface area contributed by atoms with Gasteiger partial charge < -0.3 is 21.1 Å². The second-order valence-electron chi connectivity index (χ2n) is 5.92. The first-order valence-electron chi connectivity index (χ1n) is 7.99. The number of hydrogen-bond acceptors (Lipinski definition) is 3. The lowest BCUT2D eigenvalue weighted by atomic mass is 9.95. The molecule has 0 aromatic heterocycles. The Morgan fingerprint density at radius 1 is 1.19 bits per heavy atom. The van der Waals surface area contributed by atoms with E-state index in [1.807, 2.05) is 12.1 Å². The molecule has 0 saturated heterocycles. The van der Waals surface area contributed by atoms with Gasteiger partial charge in [-0.3, -0.25) is 4.79 Å². The predicted molar refractivity (Wildman–Crippen MR) is 101 cm³/mol. The molecule has 0 unspecified atom stereocenters. The molecular weight excluding hydrogens is 353 g/mol. The SMILES string of the molecule is CC1=C(C(N)=O)[C@H](c2ccc(OCc3ccc(F)cc3)cc2)NC(=S)N1. The molecule has 0 saturated carbocycles. The summed E-state index contributed by atoms with van der Waals surface area (Å²) in [4.78, 5) is 11.8. The van der Waals surface area contributed by atoms with E-state index in [9.17, 15) is 9.18 Å². The summed E-state index contributed by atoms with van der Waals surface area (Å²) in [5.74, 6) is -0.123. The minimum atomic E-state index is -0.508. The van der Waals surface area contributed by atoms with Crippen LogP contribution in [0.1, 0.15) is 24.1 Å². The maximum atomic E-state index is 12.9. The second kappa shape index (κ2) is 7.53. The van der Waals surface area contributed by atoms with Gasteiger partial charge in [-0.25, -0.2) is 4.39 Å². The third kappa shape index (κ3) is 4.00. The zero-order chi connectivity index (χ0) is 18.7. The molecule has 5 nitrogen and oxygen atoms in total. The molecule has 0 radical (unpaired) electrons. The number of hydrogen-bond donors (Lipinski definition) is 3.